The number of nitrogens with zero attached hydrogens (tertiary/aromatic N) is 2. The topological polar surface area (TPSA) is 24.9 Å². The first kappa shape index (κ1) is 16.7. The van der Waals surface area contributed by atoms with Gasteiger partial charge in [-0.1, -0.05) is 0 Å². The van der Waals surface area contributed by atoms with Crippen LogP contribution in [-0.4, -0.2) is 68.4 Å². The lowest BCUT2D eigenvalue weighted by molar-refractivity contribution is 0.0495. The highest BCUT2D eigenvalue weighted by molar-refractivity contribution is 5.21. The van der Waals surface area contributed by atoms with Gasteiger partial charge in [0, 0.05) is 45.9 Å². The van der Waals surface area contributed by atoms with E-state index in [0.29, 0.717) is 12.7 Å². The van der Waals surface area contributed by atoms with Crippen LogP contribution in [0.5, 0.6) is 5.75 Å². The Morgan fingerprint density at radius 3 is 2.52 bits per heavy atom. The number of hydrogen-bond acceptors (Lipinski definition) is 4. The predicted octanol–water partition coefficient (Wildman–Crippen LogP) is 2.39. The van der Waals surface area contributed by atoms with E-state index >= 15 is 0 Å². The average Bonchev–Trinajstić information content (AvgIpc) is 3.08. The Labute approximate surface area is 138 Å². The molecule has 4 nitrogen and oxygen atoms in total. The summed E-state index contributed by atoms with van der Waals surface area (Å²) in [5.74, 6) is 0.519. The van der Waals surface area contributed by atoms with Crippen molar-refractivity contribution in [3.05, 3.63) is 30.1 Å². The Morgan fingerprint density at radius 2 is 1.83 bits per heavy atom. The lowest BCUT2D eigenvalue weighted by atomic mass is 10.2. The average molecular weight is 322 g/mol. The van der Waals surface area contributed by atoms with Gasteiger partial charge < -0.3 is 14.4 Å². The highest BCUT2D eigenvalue weighted by atomic mass is 19.1. The molecule has 0 bridgehead atoms. The van der Waals surface area contributed by atoms with Crippen LogP contribution in [0.25, 0.3) is 0 Å². The van der Waals surface area contributed by atoms with Gasteiger partial charge in [-0.2, -0.15) is 0 Å². The first-order valence-corrected chi connectivity index (χ1v) is 8.74. The van der Waals surface area contributed by atoms with Crippen LogP contribution in [0, 0.1) is 5.82 Å². The number of halogens is 1. The van der Waals surface area contributed by atoms with Crippen LogP contribution in [0.2, 0.25) is 0 Å². The molecule has 2 fully saturated rings. The smallest absolute Gasteiger partial charge is 0.123 e. The highest BCUT2D eigenvalue weighted by Gasteiger charge is 2.22. The second-order valence-corrected chi connectivity index (χ2v) is 6.43. The van der Waals surface area contributed by atoms with Crippen LogP contribution < -0.4 is 4.74 Å². The molecule has 1 aromatic rings. The summed E-state index contributed by atoms with van der Waals surface area (Å²) in [6.07, 6.45) is 3.91. The number of rotatable bonds is 7. The van der Waals surface area contributed by atoms with Gasteiger partial charge in [0.1, 0.15) is 11.6 Å². The summed E-state index contributed by atoms with van der Waals surface area (Å²) in [6.45, 7) is 8.32. The van der Waals surface area contributed by atoms with Gasteiger partial charge in [0.2, 0.25) is 0 Å². The molecule has 0 aromatic heterocycles. The van der Waals surface area contributed by atoms with Crippen molar-refractivity contribution in [2.75, 3.05) is 52.5 Å². The first-order chi connectivity index (χ1) is 11.3. The van der Waals surface area contributed by atoms with Crippen LogP contribution >= 0.6 is 0 Å². The van der Waals surface area contributed by atoms with E-state index in [2.05, 4.69) is 9.80 Å². The van der Waals surface area contributed by atoms with Gasteiger partial charge in [-0.05, 0) is 43.5 Å². The van der Waals surface area contributed by atoms with Gasteiger partial charge in [-0.25, -0.2) is 4.39 Å². The van der Waals surface area contributed by atoms with Gasteiger partial charge in [0.25, 0.3) is 0 Å². The maximum absolute atomic E-state index is 12.8. The monoisotopic (exact) mass is 322 g/mol. The van der Waals surface area contributed by atoms with Gasteiger partial charge in [-0.15, -0.1) is 0 Å². The lowest BCUT2D eigenvalue weighted by Crippen LogP contribution is -2.48. The number of piperazine rings is 1. The summed E-state index contributed by atoms with van der Waals surface area (Å²) in [6, 6.07) is 6.23. The van der Waals surface area contributed by atoms with E-state index in [-0.39, 0.29) is 5.82 Å². The molecule has 0 spiro atoms. The standard InChI is InChI=1S/C18H27FN2O2/c19-16-4-6-17(7-5-16)22-14-2-8-20-9-11-21(12-10-20)15-18-3-1-13-23-18/h4-7,18H,1-3,8-15H2. The van der Waals surface area contributed by atoms with Crippen molar-refractivity contribution in [3.63, 3.8) is 0 Å². The molecule has 0 saturated carbocycles. The van der Waals surface area contributed by atoms with E-state index in [1.54, 1.807) is 12.1 Å². The zero-order chi connectivity index (χ0) is 15.9. The van der Waals surface area contributed by atoms with Crippen molar-refractivity contribution in [1.82, 2.24) is 9.80 Å². The van der Waals surface area contributed by atoms with Crippen molar-refractivity contribution in [2.45, 2.75) is 25.4 Å². The van der Waals surface area contributed by atoms with Gasteiger partial charge >= 0.3 is 0 Å². The molecule has 2 aliphatic rings. The Bertz CT molecular complexity index is 455. The second-order valence-electron chi connectivity index (χ2n) is 6.43. The molecule has 2 aliphatic heterocycles. The third-order valence-corrected chi connectivity index (χ3v) is 4.65. The van der Waals surface area contributed by atoms with Crippen LogP contribution in [-0.2, 0) is 4.74 Å². The molecule has 0 amide bonds. The number of benzene rings is 1. The van der Waals surface area contributed by atoms with E-state index in [4.69, 9.17) is 9.47 Å². The third-order valence-electron chi connectivity index (χ3n) is 4.65. The quantitative estimate of drug-likeness (QED) is 0.720. The molecule has 1 unspecified atom stereocenters. The van der Waals surface area contributed by atoms with Crippen LogP contribution in [0.4, 0.5) is 4.39 Å². The van der Waals surface area contributed by atoms with E-state index in [9.17, 15) is 4.39 Å². The van der Waals surface area contributed by atoms with Crippen LogP contribution in [0.15, 0.2) is 24.3 Å². The zero-order valence-electron chi connectivity index (χ0n) is 13.8. The fourth-order valence-electron chi connectivity index (χ4n) is 3.28. The maximum atomic E-state index is 12.8. The minimum Gasteiger partial charge on any atom is -0.494 e. The highest BCUT2D eigenvalue weighted by Crippen LogP contribution is 2.15. The van der Waals surface area contributed by atoms with E-state index < -0.39 is 0 Å². The summed E-state index contributed by atoms with van der Waals surface area (Å²) in [7, 11) is 0. The molecule has 128 valence electrons. The van der Waals surface area contributed by atoms with Gasteiger partial charge in [0.15, 0.2) is 0 Å². The molecular weight excluding hydrogens is 295 g/mol. The zero-order valence-corrected chi connectivity index (χ0v) is 13.8. The van der Waals surface area contributed by atoms with Crippen LogP contribution in [0.3, 0.4) is 0 Å². The van der Waals surface area contributed by atoms with Gasteiger partial charge in [-0.3, -0.25) is 4.90 Å². The molecule has 2 saturated heterocycles. The molecule has 23 heavy (non-hydrogen) atoms. The predicted molar refractivity (Wildman–Crippen MR) is 88.4 cm³/mol. The van der Waals surface area contributed by atoms with Crippen molar-refractivity contribution in [2.24, 2.45) is 0 Å². The minimum atomic E-state index is -0.224. The Hall–Kier alpha value is -1.17. The molecule has 1 atom stereocenters. The number of hydrogen-bond donors (Lipinski definition) is 0. The molecule has 5 heteroatoms. The molecule has 1 aromatic carbocycles. The molecule has 0 radical (unpaired) electrons. The largest absolute Gasteiger partial charge is 0.494 e. The van der Waals surface area contributed by atoms with Crippen molar-refractivity contribution >= 4 is 0 Å². The Kier molecular flexibility index (Phi) is 6.25. The summed E-state index contributed by atoms with van der Waals surface area (Å²) in [5.41, 5.74) is 0. The second kappa shape index (κ2) is 8.62. The molecule has 0 aliphatic carbocycles. The van der Waals surface area contributed by atoms with E-state index in [1.165, 1.54) is 25.0 Å². The van der Waals surface area contributed by atoms with Crippen molar-refractivity contribution in [3.8, 4) is 5.75 Å². The molecule has 0 N–H and O–H groups in total. The summed E-state index contributed by atoms with van der Waals surface area (Å²) >= 11 is 0. The SMILES string of the molecule is Fc1ccc(OCCCN2CCN(CC3CCCO3)CC2)cc1. The Balaban J connectivity index is 1.26. The maximum Gasteiger partial charge on any atom is 0.123 e. The molecule has 2 heterocycles. The van der Waals surface area contributed by atoms with Crippen molar-refractivity contribution in [1.29, 1.82) is 0 Å². The number of ether oxygens (including phenoxy) is 2. The summed E-state index contributed by atoms with van der Waals surface area (Å²) in [4.78, 5) is 5.03. The third kappa shape index (κ3) is 5.44. The van der Waals surface area contributed by atoms with Crippen LogP contribution in [0.1, 0.15) is 19.3 Å². The first-order valence-electron chi connectivity index (χ1n) is 8.74. The van der Waals surface area contributed by atoms with Crippen molar-refractivity contribution < 1.29 is 13.9 Å². The summed E-state index contributed by atoms with van der Waals surface area (Å²) in [5, 5.41) is 0. The Morgan fingerprint density at radius 1 is 1.09 bits per heavy atom. The molecule has 3 rings (SSSR count). The minimum absolute atomic E-state index is 0.224. The summed E-state index contributed by atoms with van der Waals surface area (Å²) < 4.78 is 24.2. The fraction of sp³-hybridized carbons (Fsp3) is 0.667. The van der Waals surface area contributed by atoms with E-state index in [1.807, 2.05) is 0 Å². The molecular formula is C18H27FN2O2. The van der Waals surface area contributed by atoms with Gasteiger partial charge in [0.05, 0.1) is 12.7 Å². The normalized spacial score (nSPS) is 23.3. The van der Waals surface area contributed by atoms with E-state index in [0.717, 1.165) is 58.0 Å². The lowest BCUT2D eigenvalue weighted by Gasteiger charge is -2.35. The fourth-order valence-corrected chi connectivity index (χ4v) is 3.28.